The summed E-state index contributed by atoms with van der Waals surface area (Å²) in [5, 5.41) is 3.49. The Morgan fingerprint density at radius 1 is 1.10 bits per heavy atom. The van der Waals surface area contributed by atoms with Gasteiger partial charge in [0.1, 0.15) is 15.6 Å². The normalized spacial score (nSPS) is 11.3. The number of rotatable bonds is 6. The Hall–Kier alpha value is -2.75. The van der Waals surface area contributed by atoms with E-state index in [1.54, 1.807) is 33.1 Å². The van der Waals surface area contributed by atoms with Crippen molar-refractivity contribution in [2.75, 3.05) is 19.5 Å². The molecule has 0 aliphatic heterocycles. The standard InChI is InChI=1S/C20H21N3O4S2/c1-12-5-8-15(11-17(12)29(25,26)21-3)23-19(24)18-13(2)22-20(28-18)14-6-9-16(27-4)10-7-14/h5-11,21H,1-4H3,(H,23,24). The van der Waals surface area contributed by atoms with Crippen molar-refractivity contribution in [1.29, 1.82) is 0 Å². The summed E-state index contributed by atoms with van der Waals surface area (Å²) in [7, 11) is -0.670. The number of hydrogen-bond donors (Lipinski definition) is 2. The van der Waals surface area contributed by atoms with Crippen molar-refractivity contribution in [2.24, 2.45) is 0 Å². The number of aromatic nitrogens is 1. The van der Waals surface area contributed by atoms with E-state index in [1.165, 1.54) is 24.5 Å². The molecule has 0 unspecified atom stereocenters. The summed E-state index contributed by atoms with van der Waals surface area (Å²) in [5.41, 5.74) is 2.48. The Bertz CT molecular complexity index is 1150. The molecule has 1 aromatic heterocycles. The number of aryl methyl sites for hydroxylation is 2. The zero-order valence-corrected chi connectivity index (χ0v) is 18.1. The monoisotopic (exact) mass is 431 g/mol. The highest BCUT2D eigenvalue weighted by Gasteiger charge is 2.19. The predicted octanol–water partition coefficient (Wildman–Crippen LogP) is 3.60. The van der Waals surface area contributed by atoms with E-state index >= 15 is 0 Å². The Labute approximate surface area is 173 Å². The van der Waals surface area contributed by atoms with Crippen molar-refractivity contribution in [3.8, 4) is 16.3 Å². The maximum atomic E-state index is 12.8. The van der Waals surface area contributed by atoms with Crippen LogP contribution >= 0.6 is 11.3 Å². The van der Waals surface area contributed by atoms with Crippen LogP contribution in [0.15, 0.2) is 47.4 Å². The van der Waals surface area contributed by atoms with Gasteiger partial charge in [-0.15, -0.1) is 11.3 Å². The summed E-state index contributed by atoms with van der Waals surface area (Å²) in [5.74, 6) is 0.406. The van der Waals surface area contributed by atoms with Gasteiger partial charge in [-0.2, -0.15) is 0 Å². The molecule has 0 aliphatic rings. The lowest BCUT2D eigenvalue weighted by Gasteiger charge is -2.10. The van der Waals surface area contributed by atoms with E-state index in [0.717, 1.165) is 16.3 Å². The first kappa shape index (κ1) is 21.0. The van der Waals surface area contributed by atoms with Crippen LogP contribution in [-0.4, -0.2) is 33.5 Å². The third-order valence-corrected chi connectivity index (χ3v) is 7.11. The first-order chi connectivity index (χ1) is 13.7. The number of methoxy groups -OCH3 is 1. The molecule has 0 saturated heterocycles. The number of carbonyl (C=O) groups is 1. The first-order valence-corrected chi connectivity index (χ1v) is 11.0. The molecule has 1 amide bonds. The second-order valence-corrected chi connectivity index (χ2v) is 9.16. The molecule has 9 heteroatoms. The molecule has 0 atom stereocenters. The van der Waals surface area contributed by atoms with Crippen molar-refractivity contribution >= 4 is 33.0 Å². The fourth-order valence-corrected chi connectivity index (χ4v) is 4.69. The van der Waals surface area contributed by atoms with Gasteiger partial charge < -0.3 is 10.1 Å². The molecule has 0 spiro atoms. The molecule has 1 heterocycles. The van der Waals surface area contributed by atoms with Crippen LogP contribution in [-0.2, 0) is 10.0 Å². The zero-order chi connectivity index (χ0) is 21.2. The van der Waals surface area contributed by atoms with Gasteiger partial charge in [0.05, 0.1) is 17.7 Å². The molecule has 29 heavy (non-hydrogen) atoms. The van der Waals surface area contributed by atoms with Crippen LogP contribution in [0.25, 0.3) is 10.6 Å². The molecule has 3 aromatic rings. The number of sulfonamides is 1. The Morgan fingerprint density at radius 3 is 2.41 bits per heavy atom. The lowest BCUT2D eigenvalue weighted by molar-refractivity contribution is 0.102. The lowest BCUT2D eigenvalue weighted by Crippen LogP contribution is -2.20. The largest absolute Gasteiger partial charge is 0.497 e. The minimum absolute atomic E-state index is 0.123. The summed E-state index contributed by atoms with van der Waals surface area (Å²) in [6.07, 6.45) is 0. The van der Waals surface area contributed by atoms with Gasteiger partial charge in [-0.05, 0) is 62.9 Å². The molecule has 0 saturated carbocycles. The van der Waals surface area contributed by atoms with Crippen LogP contribution in [0.5, 0.6) is 5.75 Å². The van der Waals surface area contributed by atoms with E-state index in [4.69, 9.17) is 4.74 Å². The molecule has 2 N–H and O–H groups in total. The fraction of sp³-hybridized carbons (Fsp3) is 0.200. The number of anilines is 1. The van der Waals surface area contributed by atoms with Crippen molar-refractivity contribution < 1.29 is 17.9 Å². The molecule has 0 aliphatic carbocycles. The smallest absolute Gasteiger partial charge is 0.267 e. The average Bonchev–Trinajstić information content (AvgIpc) is 3.11. The van der Waals surface area contributed by atoms with Crippen LogP contribution in [0, 0.1) is 13.8 Å². The second kappa shape index (κ2) is 8.32. The molecule has 0 fully saturated rings. The molecule has 3 rings (SSSR count). The Balaban J connectivity index is 1.86. The maximum Gasteiger partial charge on any atom is 0.267 e. The molecule has 152 valence electrons. The number of thiazole rings is 1. The quantitative estimate of drug-likeness (QED) is 0.622. The predicted molar refractivity (Wildman–Crippen MR) is 114 cm³/mol. The number of ether oxygens (including phenoxy) is 1. The van der Waals surface area contributed by atoms with Gasteiger partial charge in [0.25, 0.3) is 5.91 Å². The number of benzene rings is 2. The summed E-state index contributed by atoms with van der Waals surface area (Å²) < 4.78 is 31.8. The van der Waals surface area contributed by atoms with Crippen LogP contribution < -0.4 is 14.8 Å². The van der Waals surface area contributed by atoms with E-state index in [0.29, 0.717) is 21.8 Å². The minimum Gasteiger partial charge on any atom is -0.497 e. The van der Waals surface area contributed by atoms with Crippen LogP contribution in [0.2, 0.25) is 0 Å². The summed E-state index contributed by atoms with van der Waals surface area (Å²) in [6.45, 7) is 3.47. The SMILES string of the molecule is CNS(=O)(=O)c1cc(NC(=O)c2sc(-c3ccc(OC)cc3)nc2C)ccc1C. The first-order valence-electron chi connectivity index (χ1n) is 8.72. The van der Waals surface area contributed by atoms with Crippen LogP contribution in [0.4, 0.5) is 5.69 Å². The molecule has 2 aromatic carbocycles. The summed E-state index contributed by atoms with van der Waals surface area (Å²) in [6, 6.07) is 12.2. The van der Waals surface area contributed by atoms with Gasteiger partial charge in [-0.25, -0.2) is 18.1 Å². The van der Waals surface area contributed by atoms with Gasteiger partial charge in [0.15, 0.2) is 0 Å². The highest BCUT2D eigenvalue weighted by Crippen LogP contribution is 2.30. The zero-order valence-electron chi connectivity index (χ0n) is 16.4. The molecule has 0 bridgehead atoms. The van der Waals surface area contributed by atoms with Crippen molar-refractivity contribution in [2.45, 2.75) is 18.7 Å². The number of carbonyl (C=O) groups excluding carboxylic acids is 1. The second-order valence-electron chi connectivity index (χ2n) is 6.30. The van der Waals surface area contributed by atoms with Gasteiger partial charge in [-0.1, -0.05) is 6.07 Å². The Morgan fingerprint density at radius 2 is 1.79 bits per heavy atom. The van der Waals surface area contributed by atoms with E-state index < -0.39 is 10.0 Å². The van der Waals surface area contributed by atoms with Crippen molar-refractivity contribution in [1.82, 2.24) is 9.71 Å². The molecular weight excluding hydrogens is 410 g/mol. The number of nitrogens with one attached hydrogen (secondary N) is 2. The Kier molecular flexibility index (Phi) is 6.02. The van der Waals surface area contributed by atoms with Crippen LogP contribution in [0.3, 0.4) is 0 Å². The van der Waals surface area contributed by atoms with E-state index in [-0.39, 0.29) is 10.8 Å². The van der Waals surface area contributed by atoms with Crippen molar-refractivity contribution in [3.05, 3.63) is 58.6 Å². The number of nitrogens with zero attached hydrogens (tertiary/aromatic N) is 1. The number of hydrogen-bond acceptors (Lipinski definition) is 6. The van der Waals surface area contributed by atoms with Gasteiger partial charge in [0.2, 0.25) is 10.0 Å². The fourth-order valence-electron chi connectivity index (χ4n) is 2.73. The lowest BCUT2D eigenvalue weighted by atomic mass is 10.2. The van der Waals surface area contributed by atoms with Gasteiger partial charge in [0, 0.05) is 11.3 Å². The molecule has 7 nitrogen and oxygen atoms in total. The molecular formula is C20H21N3O4S2. The highest BCUT2D eigenvalue weighted by atomic mass is 32.2. The third kappa shape index (κ3) is 4.47. The van der Waals surface area contributed by atoms with E-state index in [1.807, 2.05) is 24.3 Å². The van der Waals surface area contributed by atoms with E-state index in [9.17, 15) is 13.2 Å². The van der Waals surface area contributed by atoms with Crippen LogP contribution in [0.1, 0.15) is 20.9 Å². The summed E-state index contributed by atoms with van der Waals surface area (Å²) in [4.78, 5) is 17.9. The van der Waals surface area contributed by atoms with Gasteiger partial charge >= 0.3 is 0 Å². The maximum absolute atomic E-state index is 12.8. The van der Waals surface area contributed by atoms with E-state index in [2.05, 4.69) is 15.0 Å². The van der Waals surface area contributed by atoms with Crippen molar-refractivity contribution in [3.63, 3.8) is 0 Å². The molecule has 0 radical (unpaired) electrons. The van der Waals surface area contributed by atoms with Gasteiger partial charge in [-0.3, -0.25) is 4.79 Å². The number of amides is 1. The average molecular weight is 432 g/mol. The highest BCUT2D eigenvalue weighted by molar-refractivity contribution is 7.89. The summed E-state index contributed by atoms with van der Waals surface area (Å²) >= 11 is 1.28. The third-order valence-electron chi connectivity index (χ3n) is 4.34. The topological polar surface area (TPSA) is 97.4 Å². The minimum atomic E-state index is -3.62.